The summed E-state index contributed by atoms with van der Waals surface area (Å²) in [4.78, 5) is 32.1. The Balaban J connectivity index is 1.55. The van der Waals surface area contributed by atoms with E-state index in [0.717, 1.165) is 28.9 Å². The van der Waals surface area contributed by atoms with Crippen LogP contribution in [0.4, 0.5) is 0 Å². The number of carbonyl (C=O) groups is 2. The van der Waals surface area contributed by atoms with Gasteiger partial charge in [-0.15, -0.1) is 11.3 Å². The zero-order chi connectivity index (χ0) is 20.5. The summed E-state index contributed by atoms with van der Waals surface area (Å²) >= 11 is 1.47. The quantitative estimate of drug-likeness (QED) is 0.599. The molecule has 1 saturated heterocycles. The Morgan fingerprint density at radius 3 is 2.83 bits per heavy atom. The summed E-state index contributed by atoms with van der Waals surface area (Å²) in [6, 6.07) is 7.01. The molecule has 8 heteroatoms. The maximum atomic E-state index is 12.8. The molecule has 3 aromatic heterocycles. The Kier molecular flexibility index (Phi) is 5.38. The van der Waals surface area contributed by atoms with E-state index in [0.29, 0.717) is 35.8 Å². The molecule has 0 radical (unpaired) electrons. The van der Waals surface area contributed by atoms with Crippen LogP contribution in [-0.2, 0) is 11.3 Å². The van der Waals surface area contributed by atoms with Crippen molar-refractivity contribution < 1.29 is 19.4 Å². The summed E-state index contributed by atoms with van der Waals surface area (Å²) in [5, 5.41) is 10.4. The third-order valence-corrected chi connectivity index (χ3v) is 6.64. The lowest BCUT2D eigenvalue weighted by molar-refractivity contribution is -0.142. The van der Waals surface area contributed by atoms with Crippen LogP contribution in [0.2, 0.25) is 0 Å². The zero-order valence-electron chi connectivity index (χ0n) is 16.4. The van der Waals surface area contributed by atoms with Crippen LogP contribution in [-0.4, -0.2) is 57.6 Å². The molecule has 0 amide bonds. The molecule has 0 saturated carbocycles. The molecule has 1 aliphatic rings. The first kappa shape index (κ1) is 19.6. The molecule has 0 aromatic carbocycles. The van der Waals surface area contributed by atoms with Gasteiger partial charge < -0.3 is 14.4 Å². The van der Waals surface area contributed by atoms with Crippen LogP contribution < -0.4 is 4.74 Å². The number of hydrogen-bond donors (Lipinski definition) is 1. The molecular formula is C21H23N3O4S. The Morgan fingerprint density at radius 1 is 1.31 bits per heavy atom. The average molecular weight is 413 g/mol. The minimum atomic E-state index is -0.742. The second kappa shape index (κ2) is 7.96. The van der Waals surface area contributed by atoms with Crippen molar-refractivity contribution >= 4 is 33.3 Å². The van der Waals surface area contributed by atoms with E-state index >= 15 is 0 Å². The lowest BCUT2D eigenvalue weighted by atomic mass is 10.1. The molecule has 152 valence electrons. The molecule has 3 aromatic rings. The number of thiophene rings is 1. The number of nitrogens with zero attached hydrogens (tertiary/aromatic N) is 3. The number of carboxylic acids is 1. The van der Waals surface area contributed by atoms with Crippen LogP contribution in [0.5, 0.6) is 5.88 Å². The number of pyridine rings is 1. The van der Waals surface area contributed by atoms with Crippen LogP contribution in [0, 0.1) is 6.92 Å². The highest BCUT2D eigenvalue weighted by Gasteiger charge is 2.30. The first-order chi connectivity index (χ1) is 14.0. The molecule has 1 aliphatic heterocycles. The van der Waals surface area contributed by atoms with E-state index in [1.54, 1.807) is 12.1 Å². The average Bonchev–Trinajstić information content (AvgIpc) is 3.41. The van der Waals surface area contributed by atoms with Crippen molar-refractivity contribution in [2.24, 2.45) is 0 Å². The third kappa shape index (κ3) is 3.77. The summed E-state index contributed by atoms with van der Waals surface area (Å²) < 4.78 is 7.23. The number of rotatable bonds is 7. The third-order valence-electron chi connectivity index (χ3n) is 5.47. The van der Waals surface area contributed by atoms with Crippen LogP contribution >= 0.6 is 11.3 Å². The molecule has 0 spiro atoms. The predicted molar refractivity (Wildman–Crippen MR) is 111 cm³/mol. The molecule has 4 heterocycles. The topological polar surface area (TPSA) is 84.7 Å². The summed E-state index contributed by atoms with van der Waals surface area (Å²) in [5.41, 5.74) is 1.64. The minimum Gasteiger partial charge on any atom is -0.481 e. The fraction of sp³-hybridized carbons (Fsp3) is 0.381. The van der Waals surface area contributed by atoms with Gasteiger partial charge in [-0.1, -0.05) is 0 Å². The van der Waals surface area contributed by atoms with Gasteiger partial charge in [0.2, 0.25) is 11.7 Å². The van der Waals surface area contributed by atoms with Gasteiger partial charge in [0, 0.05) is 42.0 Å². The van der Waals surface area contributed by atoms with Gasteiger partial charge in [0.25, 0.3) is 0 Å². The van der Waals surface area contributed by atoms with E-state index in [4.69, 9.17) is 4.74 Å². The first-order valence-corrected chi connectivity index (χ1v) is 10.4. The van der Waals surface area contributed by atoms with Crippen molar-refractivity contribution in [2.45, 2.75) is 32.4 Å². The minimum absolute atomic E-state index is 0.0592. The molecule has 29 heavy (non-hydrogen) atoms. The van der Waals surface area contributed by atoms with E-state index in [9.17, 15) is 14.7 Å². The number of likely N-dealkylation sites (tertiary alicyclic amines) is 1. The standard InChI is InChI=1S/C21H23N3O4S/c1-13-10-15-11-17(19(25)14-5-6-18(28-2)22-12-14)29-20(15)24(13)9-8-23-7-3-4-16(23)21(26)27/h5-6,10-12,16H,3-4,7-9H2,1-2H3,(H,26,27). The summed E-state index contributed by atoms with van der Waals surface area (Å²) in [7, 11) is 1.54. The summed E-state index contributed by atoms with van der Waals surface area (Å²) in [5.74, 6) is -0.327. The molecular weight excluding hydrogens is 390 g/mol. The highest BCUT2D eigenvalue weighted by atomic mass is 32.1. The van der Waals surface area contributed by atoms with E-state index in [1.807, 2.05) is 17.9 Å². The van der Waals surface area contributed by atoms with Crippen molar-refractivity contribution in [3.8, 4) is 5.88 Å². The van der Waals surface area contributed by atoms with Gasteiger partial charge in [0.05, 0.1) is 12.0 Å². The lowest BCUT2D eigenvalue weighted by Crippen LogP contribution is -2.37. The first-order valence-electron chi connectivity index (χ1n) is 9.59. The zero-order valence-corrected chi connectivity index (χ0v) is 17.2. The van der Waals surface area contributed by atoms with Gasteiger partial charge in [-0.2, -0.15) is 0 Å². The van der Waals surface area contributed by atoms with Crippen LogP contribution in [0.15, 0.2) is 30.5 Å². The number of hydrogen-bond acceptors (Lipinski definition) is 6. The number of aryl methyl sites for hydroxylation is 1. The number of carbonyl (C=O) groups excluding carboxylic acids is 1. The van der Waals surface area contributed by atoms with E-state index < -0.39 is 5.97 Å². The Hall–Kier alpha value is -2.71. The molecule has 0 aliphatic carbocycles. The van der Waals surface area contributed by atoms with Gasteiger partial charge in [0.15, 0.2) is 0 Å². The van der Waals surface area contributed by atoms with Crippen LogP contribution in [0.3, 0.4) is 0 Å². The number of carboxylic acid groups (broad SMARTS) is 1. The maximum absolute atomic E-state index is 12.8. The van der Waals surface area contributed by atoms with Crippen LogP contribution in [0.25, 0.3) is 10.2 Å². The number of fused-ring (bicyclic) bond motifs is 1. The fourth-order valence-corrected chi connectivity index (χ4v) is 5.13. The molecule has 4 rings (SSSR count). The predicted octanol–water partition coefficient (Wildman–Crippen LogP) is 3.19. The molecule has 1 unspecified atom stereocenters. The van der Waals surface area contributed by atoms with Gasteiger partial charge in [-0.25, -0.2) is 4.98 Å². The molecule has 7 nitrogen and oxygen atoms in total. The van der Waals surface area contributed by atoms with Crippen LogP contribution in [0.1, 0.15) is 33.8 Å². The van der Waals surface area contributed by atoms with E-state index in [2.05, 4.69) is 15.6 Å². The van der Waals surface area contributed by atoms with Gasteiger partial charge in [0.1, 0.15) is 10.9 Å². The molecule has 1 N–H and O–H groups in total. The SMILES string of the molecule is COc1ccc(C(=O)c2cc3cc(C)n(CCN4CCCC4C(=O)O)c3s2)cn1. The Labute approximate surface area is 172 Å². The number of aromatic nitrogens is 2. The van der Waals surface area contributed by atoms with E-state index in [1.165, 1.54) is 24.6 Å². The normalized spacial score (nSPS) is 17.1. The van der Waals surface area contributed by atoms with Crippen molar-refractivity contribution in [3.63, 3.8) is 0 Å². The molecule has 1 fully saturated rings. The number of ether oxygens (including phenoxy) is 1. The largest absolute Gasteiger partial charge is 0.481 e. The van der Waals surface area contributed by atoms with Crippen molar-refractivity contribution in [2.75, 3.05) is 20.2 Å². The van der Waals surface area contributed by atoms with E-state index in [-0.39, 0.29) is 11.8 Å². The highest BCUT2D eigenvalue weighted by Crippen LogP contribution is 2.31. The molecule has 0 bridgehead atoms. The van der Waals surface area contributed by atoms with Crippen molar-refractivity contribution in [1.82, 2.24) is 14.5 Å². The second-order valence-corrected chi connectivity index (χ2v) is 8.29. The van der Waals surface area contributed by atoms with Gasteiger partial charge >= 0.3 is 5.97 Å². The van der Waals surface area contributed by atoms with Crippen molar-refractivity contribution in [3.05, 3.63) is 46.6 Å². The number of ketones is 1. The summed E-state index contributed by atoms with van der Waals surface area (Å²) in [6.07, 6.45) is 3.16. The highest BCUT2D eigenvalue weighted by molar-refractivity contribution is 7.20. The van der Waals surface area contributed by atoms with Gasteiger partial charge in [-0.05, 0) is 44.5 Å². The van der Waals surface area contributed by atoms with Gasteiger partial charge in [-0.3, -0.25) is 14.5 Å². The fourth-order valence-electron chi connectivity index (χ4n) is 3.94. The summed E-state index contributed by atoms with van der Waals surface area (Å²) in [6.45, 7) is 4.25. The maximum Gasteiger partial charge on any atom is 0.320 e. The number of aliphatic carboxylic acids is 1. The number of methoxy groups -OCH3 is 1. The lowest BCUT2D eigenvalue weighted by Gasteiger charge is -2.21. The molecule has 1 atom stereocenters. The smallest absolute Gasteiger partial charge is 0.320 e. The van der Waals surface area contributed by atoms with Crippen molar-refractivity contribution in [1.29, 1.82) is 0 Å². The second-order valence-electron chi connectivity index (χ2n) is 7.26. The Bertz CT molecular complexity index is 1050. The Morgan fingerprint density at radius 2 is 2.14 bits per heavy atom. The monoisotopic (exact) mass is 413 g/mol.